The van der Waals surface area contributed by atoms with Crippen LogP contribution in [0, 0.1) is 5.82 Å². The third-order valence-electron chi connectivity index (χ3n) is 3.63. The van der Waals surface area contributed by atoms with Crippen LogP contribution in [0.4, 0.5) is 4.39 Å². The molecule has 0 radical (unpaired) electrons. The lowest BCUT2D eigenvalue weighted by atomic mass is 10.2. The summed E-state index contributed by atoms with van der Waals surface area (Å²) in [5.41, 5.74) is 0.409. The lowest BCUT2D eigenvalue weighted by Crippen LogP contribution is -2.30. The molecule has 0 saturated carbocycles. The van der Waals surface area contributed by atoms with Gasteiger partial charge in [0.1, 0.15) is 17.0 Å². The Balaban J connectivity index is 1.54. The quantitative estimate of drug-likeness (QED) is 0.541. The maximum atomic E-state index is 13.5. The molecular weight excluding hydrogens is 341 g/mol. The Labute approximate surface area is 148 Å². The Bertz CT molecular complexity index is 955. The maximum absolute atomic E-state index is 13.5. The van der Waals surface area contributed by atoms with Gasteiger partial charge in [-0.3, -0.25) is 4.79 Å². The standard InChI is InChI=1S/C19H16FNO3S/c20-16-7-3-1-6-14(16)12-25-10-9-21-18(22)15-11-13-5-2-4-8-17(13)24-19(15)23/h1-8,11H,9-10,12H2,(H,21,22). The van der Waals surface area contributed by atoms with E-state index in [1.165, 1.54) is 23.9 Å². The molecule has 0 aliphatic rings. The molecule has 1 amide bonds. The summed E-state index contributed by atoms with van der Waals surface area (Å²) in [7, 11) is 0. The maximum Gasteiger partial charge on any atom is 0.349 e. The number of rotatable bonds is 6. The van der Waals surface area contributed by atoms with Crippen molar-refractivity contribution >= 4 is 28.6 Å². The van der Waals surface area contributed by atoms with Crippen LogP contribution in [0.15, 0.2) is 63.8 Å². The molecule has 0 bridgehead atoms. The first-order valence-corrected chi connectivity index (χ1v) is 8.93. The SMILES string of the molecule is O=C(NCCSCc1ccccc1F)c1cc2ccccc2oc1=O. The van der Waals surface area contributed by atoms with E-state index in [1.807, 2.05) is 6.07 Å². The number of amides is 1. The molecular formula is C19H16FNO3S. The number of nitrogens with one attached hydrogen (secondary N) is 1. The third-order valence-corrected chi connectivity index (χ3v) is 4.64. The minimum Gasteiger partial charge on any atom is -0.422 e. The van der Waals surface area contributed by atoms with Crippen molar-refractivity contribution in [2.45, 2.75) is 5.75 Å². The number of halogens is 1. The molecule has 0 spiro atoms. The zero-order valence-corrected chi connectivity index (χ0v) is 14.1. The molecule has 0 aliphatic carbocycles. The molecule has 0 unspecified atom stereocenters. The van der Waals surface area contributed by atoms with Crippen molar-refractivity contribution in [2.24, 2.45) is 0 Å². The normalized spacial score (nSPS) is 10.8. The second kappa shape index (κ2) is 7.98. The Hall–Kier alpha value is -2.60. The lowest BCUT2D eigenvalue weighted by Gasteiger charge is -2.06. The van der Waals surface area contributed by atoms with E-state index in [4.69, 9.17) is 4.42 Å². The van der Waals surface area contributed by atoms with Gasteiger partial charge >= 0.3 is 5.63 Å². The zero-order chi connectivity index (χ0) is 17.6. The molecule has 6 heteroatoms. The topological polar surface area (TPSA) is 59.3 Å². The monoisotopic (exact) mass is 357 g/mol. The van der Waals surface area contributed by atoms with Crippen molar-refractivity contribution in [3.63, 3.8) is 0 Å². The van der Waals surface area contributed by atoms with Crippen LogP contribution < -0.4 is 10.9 Å². The van der Waals surface area contributed by atoms with Gasteiger partial charge in [-0.05, 0) is 23.8 Å². The minimum absolute atomic E-state index is 0.0159. The number of benzene rings is 2. The zero-order valence-electron chi connectivity index (χ0n) is 13.3. The van der Waals surface area contributed by atoms with E-state index in [1.54, 1.807) is 36.4 Å². The van der Waals surface area contributed by atoms with Crippen LogP contribution in [-0.4, -0.2) is 18.2 Å². The fourth-order valence-corrected chi connectivity index (χ4v) is 3.19. The van der Waals surface area contributed by atoms with Crippen LogP contribution in [0.25, 0.3) is 11.0 Å². The van der Waals surface area contributed by atoms with E-state index < -0.39 is 11.5 Å². The van der Waals surface area contributed by atoms with E-state index in [0.717, 1.165) is 0 Å². The second-order valence-corrected chi connectivity index (χ2v) is 6.49. The number of carbonyl (C=O) groups is 1. The predicted molar refractivity (Wildman–Crippen MR) is 97.4 cm³/mol. The molecule has 3 rings (SSSR count). The minimum atomic E-state index is -0.657. The van der Waals surface area contributed by atoms with E-state index >= 15 is 0 Å². The first-order valence-electron chi connectivity index (χ1n) is 7.77. The third kappa shape index (κ3) is 4.28. The first kappa shape index (κ1) is 17.2. The van der Waals surface area contributed by atoms with Gasteiger partial charge in [0.2, 0.25) is 0 Å². The molecule has 0 atom stereocenters. The van der Waals surface area contributed by atoms with Crippen molar-refractivity contribution < 1.29 is 13.6 Å². The highest BCUT2D eigenvalue weighted by Gasteiger charge is 2.13. The van der Waals surface area contributed by atoms with Crippen molar-refractivity contribution in [3.05, 3.63) is 82.0 Å². The van der Waals surface area contributed by atoms with Gasteiger partial charge in [0, 0.05) is 23.4 Å². The number of para-hydroxylation sites is 1. The van der Waals surface area contributed by atoms with E-state index in [-0.39, 0.29) is 11.4 Å². The van der Waals surface area contributed by atoms with Crippen molar-refractivity contribution in [1.29, 1.82) is 0 Å². The highest BCUT2D eigenvalue weighted by Crippen LogP contribution is 2.15. The predicted octanol–water partition coefficient (Wildman–Crippen LogP) is 3.60. The van der Waals surface area contributed by atoms with Crippen LogP contribution in [0.5, 0.6) is 0 Å². The molecule has 25 heavy (non-hydrogen) atoms. The van der Waals surface area contributed by atoms with Gasteiger partial charge in [-0.25, -0.2) is 9.18 Å². The van der Waals surface area contributed by atoms with Crippen molar-refractivity contribution in [2.75, 3.05) is 12.3 Å². The molecule has 4 nitrogen and oxygen atoms in total. The van der Waals surface area contributed by atoms with Crippen LogP contribution in [-0.2, 0) is 5.75 Å². The van der Waals surface area contributed by atoms with Gasteiger partial charge in [0.25, 0.3) is 5.91 Å². The Morgan fingerprint density at radius 3 is 2.72 bits per heavy atom. The Morgan fingerprint density at radius 2 is 1.88 bits per heavy atom. The van der Waals surface area contributed by atoms with Gasteiger partial charge in [-0.1, -0.05) is 36.4 Å². The second-order valence-electron chi connectivity index (χ2n) is 5.39. The van der Waals surface area contributed by atoms with Gasteiger partial charge in [0.05, 0.1) is 0 Å². The molecule has 0 saturated heterocycles. The highest BCUT2D eigenvalue weighted by molar-refractivity contribution is 7.98. The average molecular weight is 357 g/mol. The fourth-order valence-electron chi connectivity index (χ4n) is 2.35. The summed E-state index contributed by atoms with van der Waals surface area (Å²) in [6.07, 6.45) is 0. The fraction of sp³-hybridized carbons (Fsp3) is 0.158. The molecule has 0 aliphatic heterocycles. The summed E-state index contributed by atoms with van der Waals surface area (Å²) in [6.45, 7) is 0.379. The summed E-state index contributed by atoms with van der Waals surface area (Å²) in [4.78, 5) is 24.1. The molecule has 128 valence electrons. The first-order chi connectivity index (χ1) is 12.1. The van der Waals surface area contributed by atoms with Gasteiger partial charge in [0.15, 0.2) is 0 Å². The molecule has 1 N–H and O–H groups in total. The van der Waals surface area contributed by atoms with Crippen LogP contribution >= 0.6 is 11.8 Å². The molecule has 1 aromatic heterocycles. The number of carbonyl (C=O) groups excluding carboxylic acids is 1. The molecule has 1 heterocycles. The van der Waals surface area contributed by atoms with Crippen LogP contribution in [0.1, 0.15) is 15.9 Å². The average Bonchev–Trinajstić information content (AvgIpc) is 2.62. The Morgan fingerprint density at radius 1 is 1.12 bits per heavy atom. The van der Waals surface area contributed by atoms with Gasteiger partial charge < -0.3 is 9.73 Å². The van der Waals surface area contributed by atoms with Gasteiger partial charge in [-0.2, -0.15) is 11.8 Å². The summed E-state index contributed by atoms with van der Waals surface area (Å²) in [5, 5.41) is 3.39. The molecule has 3 aromatic rings. The number of fused-ring (bicyclic) bond motifs is 1. The summed E-state index contributed by atoms with van der Waals surface area (Å²) in [6, 6.07) is 15.2. The number of thioether (sulfide) groups is 1. The number of hydrogen-bond acceptors (Lipinski definition) is 4. The highest BCUT2D eigenvalue weighted by atomic mass is 32.2. The lowest BCUT2D eigenvalue weighted by molar-refractivity contribution is 0.0952. The van der Waals surface area contributed by atoms with E-state index in [2.05, 4.69) is 5.32 Å². The smallest absolute Gasteiger partial charge is 0.349 e. The van der Waals surface area contributed by atoms with Crippen molar-refractivity contribution in [1.82, 2.24) is 5.32 Å². The number of hydrogen-bond donors (Lipinski definition) is 1. The van der Waals surface area contributed by atoms with Gasteiger partial charge in [-0.15, -0.1) is 0 Å². The Kier molecular flexibility index (Phi) is 5.50. The summed E-state index contributed by atoms with van der Waals surface area (Å²) < 4.78 is 18.6. The van der Waals surface area contributed by atoms with E-state index in [9.17, 15) is 14.0 Å². The summed E-state index contributed by atoms with van der Waals surface area (Å²) >= 11 is 1.51. The van der Waals surface area contributed by atoms with Crippen LogP contribution in [0.3, 0.4) is 0 Å². The van der Waals surface area contributed by atoms with Crippen molar-refractivity contribution in [3.8, 4) is 0 Å². The molecule has 0 fully saturated rings. The largest absolute Gasteiger partial charge is 0.422 e. The summed E-state index contributed by atoms with van der Waals surface area (Å²) in [5.74, 6) is 0.443. The van der Waals surface area contributed by atoms with E-state index in [0.29, 0.717) is 34.6 Å². The molecule has 2 aromatic carbocycles. The van der Waals surface area contributed by atoms with Crippen LogP contribution in [0.2, 0.25) is 0 Å².